The van der Waals surface area contributed by atoms with Crippen LogP contribution in [0.3, 0.4) is 0 Å². The summed E-state index contributed by atoms with van der Waals surface area (Å²) in [5.41, 5.74) is 0. The van der Waals surface area contributed by atoms with Crippen LogP contribution in [-0.2, 0) is 9.84 Å². The second-order valence-corrected chi connectivity index (χ2v) is 7.61. The van der Waals surface area contributed by atoms with Crippen LogP contribution in [0.25, 0.3) is 0 Å². The first-order chi connectivity index (χ1) is 8.45. The summed E-state index contributed by atoms with van der Waals surface area (Å²) in [5, 5.41) is 3.27. The Morgan fingerprint density at radius 1 is 0.944 bits per heavy atom. The van der Waals surface area contributed by atoms with Crippen molar-refractivity contribution in [1.29, 1.82) is 0 Å². The van der Waals surface area contributed by atoms with E-state index in [1.54, 1.807) is 0 Å². The van der Waals surface area contributed by atoms with E-state index < -0.39 is 9.84 Å². The maximum absolute atomic E-state index is 11.1. The molecular formula is C14H31NO2S. The topological polar surface area (TPSA) is 46.2 Å². The van der Waals surface area contributed by atoms with Crippen molar-refractivity contribution < 1.29 is 8.42 Å². The molecule has 0 saturated heterocycles. The molecule has 4 heteroatoms. The molecule has 0 rings (SSSR count). The molecule has 110 valence electrons. The summed E-state index contributed by atoms with van der Waals surface area (Å²) >= 11 is 0. The molecule has 0 saturated carbocycles. The molecule has 0 radical (unpaired) electrons. The zero-order valence-corrected chi connectivity index (χ0v) is 13.2. The molecule has 1 atom stereocenters. The molecule has 0 aromatic heterocycles. The Morgan fingerprint density at radius 3 is 1.94 bits per heavy atom. The molecule has 0 aliphatic rings. The van der Waals surface area contributed by atoms with Gasteiger partial charge in [-0.2, -0.15) is 0 Å². The summed E-state index contributed by atoms with van der Waals surface area (Å²) in [6, 6.07) is 0.0737. The molecule has 0 fully saturated rings. The summed E-state index contributed by atoms with van der Waals surface area (Å²) in [6.07, 6.45) is 11.8. The lowest BCUT2D eigenvalue weighted by Crippen LogP contribution is -2.33. The van der Waals surface area contributed by atoms with Gasteiger partial charge in [0.2, 0.25) is 0 Å². The Kier molecular flexibility index (Phi) is 10.7. The van der Waals surface area contributed by atoms with Crippen LogP contribution in [0.5, 0.6) is 0 Å². The number of hydrogen-bond acceptors (Lipinski definition) is 3. The van der Waals surface area contributed by atoms with Crippen LogP contribution in [0.15, 0.2) is 0 Å². The predicted octanol–water partition coefficient (Wildman–Crippen LogP) is 3.15. The van der Waals surface area contributed by atoms with Gasteiger partial charge in [-0.1, -0.05) is 51.9 Å². The van der Waals surface area contributed by atoms with Crippen LogP contribution in [-0.4, -0.2) is 33.0 Å². The van der Waals surface area contributed by atoms with Gasteiger partial charge < -0.3 is 5.32 Å². The summed E-state index contributed by atoms with van der Waals surface area (Å²) in [5.74, 6) is 0.240. The normalized spacial score (nSPS) is 13.7. The maximum Gasteiger partial charge on any atom is 0.148 e. The van der Waals surface area contributed by atoms with Gasteiger partial charge in [-0.15, -0.1) is 0 Å². The van der Waals surface area contributed by atoms with Gasteiger partial charge in [0.1, 0.15) is 9.84 Å². The van der Waals surface area contributed by atoms with Gasteiger partial charge in [0.25, 0.3) is 0 Å². The van der Waals surface area contributed by atoms with Gasteiger partial charge in [-0.3, -0.25) is 0 Å². The largest absolute Gasteiger partial charge is 0.313 e. The van der Waals surface area contributed by atoms with Crippen molar-refractivity contribution in [3.63, 3.8) is 0 Å². The molecule has 0 bridgehead atoms. The van der Waals surface area contributed by atoms with Crippen molar-refractivity contribution >= 4 is 9.84 Å². The van der Waals surface area contributed by atoms with Crippen LogP contribution in [0, 0.1) is 0 Å². The van der Waals surface area contributed by atoms with E-state index >= 15 is 0 Å². The van der Waals surface area contributed by atoms with Crippen LogP contribution >= 0.6 is 0 Å². The van der Waals surface area contributed by atoms with Gasteiger partial charge in [-0.25, -0.2) is 8.42 Å². The van der Waals surface area contributed by atoms with Crippen LogP contribution in [0.1, 0.15) is 65.2 Å². The van der Waals surface area contributed by atoms with E-state index in [2.05, 4.69) is 12.2 Å². The standard InChI is InChI=1S/C14H31NO2S/c1-4-5-6-7-8-9-10-11-12-15-14(2)13-18(3,16)17/h14-15H,4-13H2,1-3H3. The first-order valence-corrected chi connectivity index (χ1v) is 9.43. The Hall–Kier alpha value is -0.0900. The lowest BCUT2D eigenvalue weighted by Gasteiger charge is -2.12. The van der Waals surface area contributed by atoms with Gasteiger partial charge in [0, 0.05) is 12.3 Å². The Morgan fingerprint density at radius 2 is 1.44 bits per heavy atom. The number of unbranched alkanes of at least 4 members (excludes halogenated alkanes) is 7. The van der Waals surface area contributed by atoms with Crippen molar-refractivity contribution in [2.24, 2.45) is 0 Å². The number of sulfone groups is 1. The zero-order chi connectivity index (χ0) is 13.9. The van der Waals surface area contributed by atoms with Crippen molar-refractivity contribution in [3.8, 4) is 0 Å². The second-order valence-electron chi connectivity index (χ2n) is 5.42. The van der Waals surface area contributed by atoms with E-state index in [0.717, 1.165) is 13.0 Å². The van der Waals surface area contributed by atoms with Gasteiger partial charge in [-0.05, 0) is 19.9 Å². The second kappa shape index (κ2) is 10.8. The van der Waals surface area contributed by atoms with E-state index in [0.29, 0.717) is 0 Å². The third-order valence-corrected chi connectivity index (χ3v) is 4.18. The Bertz CT molecular complexity index is 276. The number of hydrogen-bond donors (Lipinski definition) is 1. The third kappa shape index (κ3) is 14.0. The SMILES string of the molecule is CCCCCCCCCCNC(C)CS(C)(=O)=O. The quantitative estimate of drug-likeness (QED) is 0.557. The van der Waals surface area contributed by atoms with Gasteiger partial charge in [0.05, 0.1) is 5.75 Å². The van der Waals surface area contributed by atoms with E-state index in [1.807, 2.05) is 6.92 Å². The van der Waals surface area contributed by atoms with E-state index in [4.69, 9.17) is 0 Å². The van der Waals surface area contributed by atoms with E-state index in [9.17, 15) is 8.42 Å². The van der Waals surface area contributed by atoms with Crippen LogP contribution < -0.4 is 5.32 Å². The molecule has 0 aromatic carbocycles. The monoisotopic (exact) mass is 277 g/mol. The smallest absolute Gasteiger partial charge is 0.148 e. The molecule has 0 amide bonds. The zero-order valence-electron chi connectivity index (χ0n) is 12.4. The number of nitrogens with one attached hydrogen (secondary N) is 1. The highest BCUT2D eigenvalue weighted by Gasteiger charge is 2.08. The van der Waals surface area contributed by atoms with Crippen LogP contribution in [0.4, 0.5) is 0 Å². The average molecular weight is 277 g/mol. The van der Waals surface area contributed by atoms with E-state index in [-0.39, 0.29) is 11.8 Å². The van der Waals surface area contributed by atoms with Crippen molar-refractivity contribution in [3.05, 3.63) is 0 Å². The highest BCUT2D eigenvalue weighted by molar-refractivity contribution is 7.90. The van der Waals surface area contributed by atoms with Gasteiger partial charge >= 0.3 is 0 Å². The summed E-state index contributed by atoms with van der Waals surface area (Å²) in [6.45, 7) is 5.11. The first-order valence-electron chi connectivity index (χ1n) is 7.37. The van der Waals surface area contributed by atoms with Gasteiger partial charge in [0.15, 0.2) is 0 Å². The molecule has 1 unspecified atom stereocenters. The average Bonchev–Trinajstić information content (AvgIpc) is 2.24. The Labute approximate surface area is 114 Å². The van der Waals surface area contributed by atoms with Crippen LogP contribution in [0.2, 0.25) is 0 Å². The molecule has 0 spiro atoms. The summed E-state index contributed by atoms with van der Waals surface area (Å²) in [4.78, 5) is 0. The summed E-state index contributed by atoms with van der Waals surface area (Å²) in [7, 11) is -2.85. The molecule has 0 aromatic rings. The molecule has 3 nitrogen and oxygen atoms in total. The maximum atomic E-state index is 11.1. The molecule has 0 aliphatic heterocycles. The lowest BCUT2D eigenvalue weighted by atomic mass is 10.1. The first kappa shape index (κ1) is 17.9. The predicted molar refractivity (Wildman–Crippen MR) is 79.8 cm³/mol. The lowest BCUT2D eigenvalue weighted by molar-refractivity contribution is 0.523. The molecular weight excluding hydrogens is 246 g/mol. The molecule has 18 heavy (non-hydrogen) atoms. The summed E-state index contributed by atoms with van der Waals surface area (Å²) < 4.78 is 22.1. The van der Waals surface area contributed by atoms with Crippen molar-refractivity contribution in [2.75, 3.05) is 18.6 Å². The fourth-order valence-electron chi connectivity index (χ4n) is 2.12. The minimum absolute atomic E-state index is 0.0737. The third-order valence-electron chi connectivity index (χ3n) is 3.08. The Balaban J connectivity index is 3.25. The molecule has 0 heterocycles. The fraction of sp³-hybridized carbons (Fsp3) is 1.00. The minimum atomic E-state index is -2.85. The molecule has 1 N–H and O–H groups in total. The molecule has 0 aliphatic carbocycles. The highest BCUT2D eigenvalue weighted by atomic mass is 32.2. The van der Waals surface area contributed by atoms with E-state index in [1.165, 1.54) is 51.2 Å². The fourth-order valence-corrected chi connectivity index (χ4v) is 3.15. The minimum Gasteiger partial charge on any atom is -0.313 e. The van der Waals surface area contributed by atoms with Crippen molar-refractivity contribution in [2.45, 2.75) is 71.3 Å². The highest BCUT2D eigenvalue weighted by Crippen LogP contribution is 2.07. The van der Waals surface area contributed by atoms with Crippen molar-refractivity contribution in [1.82, 2.24) is 5.32 Å². The number of rotatable bonds is 12.